The lowest BCUT2D eigenvalue weighted by atomic mass is 9.77. The third-order valence-corrected chi connectivity index (χ3v) is 5.27. The van der Waals surface area contributed by atoms with Gasteiger partial charge < -0.3 is 14.5 Å². The second-order valence-corrected chi connectivity index (χ2v) is 6.76. The van der Waals surface area contributed by atoms with E-state index < -0.39 is 0 Å². The minimum atomic E-state index is -0.361. The van der Waals surface area contributed by atoms with Crippen molar-refractivity contribution in [3.8, 4) is 5.75 Å². The van der Waals surface area contributed by atoms with Gasteiger partial charge in [0, 0.05) is 18.0 Å². The summed E-state index contributed by atoms with van der Waals surface area (Å²) in [6, 6.07) is 11.2. The summed E-state index contributed by atoms with van der Waals surface area (Å²) in [5, 5.41) is 7.59. The summed E-state index contributed by atoms with van der Waals surface area (Å²) < 4.78 is 12.6. The Morgan fingerprint density at radius 2 is 2.11 bits per heavy atom. The highest BCUT2D eigenvalue weighted by atomic mass is 16.5. The van der Waals surface area contributed by atoms with Crippen LogP contribution in [0.25, 0.3) is 0 Å². The zero-order valence-electron chi connectivity index (χ0n) is 14.7. The molecule has 1 aliphatic heterocycles. The van der Waals surface area contributed by atoms with E-state index in [0.29, 0.717) is 18.1 Å². The summed E-state index contributed by atoms with van der Waals surface area (Å²) in [6.07, 6.45) is 5.66. The molecule has 0 saturated carbocycles. The van der Waals surface area contributed by atoms with Crippen molar-refractivity contribution in [2.24, 2.45) is 5.92 Å². The van der Waals surface area contributed by atoms with Gasteiger partial charge in [0.1, 0.15) is 29.7 Å². The summed E-state index contributed by atoms with van der Waals surface area (Å²) in [5.41, 5.74) is 1.94. The van der Waals surface area contributed by atoms with Crippen molar-refractivity contribution >= 4 is 11.7 Å². The molecule has 136 valence electrons. The van der Waals surface area contributed by atoms with Crippen LogP contribution in [0.1, 0.15) is 29.7 Å². The molecule has 1 aromatic carbocycles. The van der Waals surface area contributed by atoms with Crippen molar-refractivity contribution in [1.82, 2.24) is 14.8 Å². The molecule has 0 bridgehead atoms. The topological polar surface area (TPSA) is 82.2 Å². The second-order valence-electron chi connectivity index (χ2n) is 6.76. The van der Waals surface area contributed by atoms with Crippen molar-refractivity contribution in [3.05, 3.63) is 72.1 Å². The van der Waals surface area contributed by atoms with Gasteiger partial charge in [0.2, 0.25) is 5.95 Å². The molecule has 0 fully saturated rings. The summed E-state index contributed by atoms with van der Waals surface area (Å²) >= 11 is 0. The van der Waals surface area contributed by atoms with E-state index in [1.165, 1.54) is 6.33 Å². The van der Waals surface area contributed by atoms with E-state index in [9.17, 15) is 4.79 Å². The van der Waals surface area contributed by atoms with Gasteiger partial charge in [0.15, 0.2) is 0 Å². The van der Waals surface area contributed by atoms with Crippen LogP contribution >= 0.6 is 0 Å². The number of fused-ring (bicyclic) bond motifs is 2. The van der Waals surface area contributed by atoms with Crippen molar-refractivity contribution in [3.63, 3.8) is 0 Å². The van der Waals surface area contributed by atoms with Crippen LogP contribution in [0.2, 0.25) is 0 Å². The number of ether oxygens (including phenoxy) is 1. The zero-order chi connectivity index (χ0) is 18.4. The van der Waals surface area contributed by atoms with Gasteiger partial charge in [-0.3, -0.25) is 4.79 Å². The number of rotatable bonds is 3. The number of nitrogens with one attached hydrogen (secondary N) is 1. The second kappa shape index (κ2) is 6.12. The summed E-state index contributed by atoms with van der Waals surface area (Å²) in [5.74, 6) is 1.92. The van der Waals surface area contributed by atoms with Crippen molar-refractivity contribution in [1.29, 1.82) is 0 Å². The fourth-order valence-electron chi connectivity index (χ4n) is 3.99. The molecular formula is C20H18N4O3. The van der Waals surface area contributed by atoms with E-state index in [-0.39, 0.29) is 23.7 Å². The minimum Gasteiger partial charge on any atom is -0.497 e. The summed E-state index contributed by atoms with van der Waals surface area (Å²) in [6.45, 7) is 0. The Labute approximate surface area is 155 Å². The Kier molecular flexibility index (Phi) is 3.60. The predicted molar refractivity (Wildman–Crippen MR) is 97.4 cm³/mol. The fraction of sp³-hybridized carbons (Fsp3) is 0.250. The van der Waals surface area contributed by atoms with Gasteiger partial charge in [0.25, 0.3) is 0 Å². The number of furan rings is 1. The maximum absolute atomic E-state index is 13.2. The first-order chi connectivity index (χ1) is 13.2. The number of aromatic nitrogens is 3. The SMILES string of the molecule is COc1ccc([C@@H]2C=C3Nc4ncnn4[C@H](c4ccco4)[C@H]3C(=O)C2)cc1. The first-order valence-electron chi connectivity index (χ1n) is 8.83. The average molecular weight is 362 g/mol. The summed E-state index contributed by atoms with van der Waals surface area (Å²) in [7, 11) is 1.64. The third kappa shape index (κ3) is 2.54. The molecule has 5 rings (SSSR count). The maximum Gasteiger partial charge on any atom is 0.226 e. The zero-order valence-corrected chi connectivity index (χ0v) is 14.7. The third-order valence-electron chi connectivity index (χ3n) is 5.27. The molecule has 0 amide bonds. The van der Waals surface area contributed by atoms with Crippen LogP contribution in [0, 0.1) is 5.92 Å². The number of hydrogen-bond acceptors (Lipinski definition) is 6. The molecule has 2 aliphatic rings. The van der Waals surface area contributed by atoms with E-state index in [2.05, 4.69) is 21.5 Å². The number of hydrogen-bond donors (Lipinski definition) is 1. The Bertz CT molecular complexity index is 1000. The molecule has 27 heavy (non-hydrogen) atoms. The monoisotopic (exact) mass is 362 g/mol. The van der Waals surface area contributed by atoms with Gasteiger partial charge in [-0.15, -0.1) is 0 Å². The van der Waals surface area contributed by atoms with Gasteiger partial charge in [-0.2, -0.15) is 10.1 Å². The fourth-order valence-corrected chi connectivity index (χ4v) is 3.99. The van der Waals surface area contributed by atoms with Gasteiger partial charge in [0.05, 0.1) is 19.3 Å². The molecular weight excluding hydrogens is 344 g/mol. The number of allylic oxidation sites excluding steroid dienone is 2. The van der Waals surface area contributed by atoms with E-state index in [1.807, 2.05) is 36.4 Å². The van der Waals surface area contributed by atoms with Crippen LogP contribution in [0.4, 0.5) is 5.95 Å². The molecule has 1 aliphatic carbocycles. The molecule has 3 aromatic rings. The number of benzene rings is 1. The minimum absolute atomic E-state index is 0.00822. The number of Topliss-reactive ketones (excluding diaryl/α,β-unsaturated/α-hetero) is 1. The lowest BCUT2D eigenvalue weighted by Gasteiger charge is -2.36. The van der Waals surface area contributed by atoms with E-state index >= 15 is 0 Å². The van der Waals surface area contributed by atoms with Gasteiger partial charge in [-0.25, -0.2) is 4.68 Å². The Balaban J connectivity index is 1.57. The Hall–Kier alpha value is -3.35. The van der Waals surface area contributed by atoms with Gasteiger partial charge in [-0.05, 0) is 29.8 Å². The van der Waals surface area contributed by atoms with Crippen molar-refractivity contribution in [2.45, 2.75) is 18.4 Å². The standard InChI is InChI=1S/C20H18N4O3/c1-26-14-6-4-12(5-7-14)13-9-15-18(16(25)10-13)19(17-3-2-8-27-17)24-20(23-15)21-11-22-24/h2-9,11,13,18-19H,10H2,1H3,(H,21,22,23)/t13-,18-,19-/m1/s1. The number of anilines is 1. The Morgan fingerprint density at radius 3 is 2.85 bits per heavy atom. The summed E-state index contributed by atoms with van der Waals surface area (Å²) in [4.78, 5) is 17.4. The molecule has 0 unspecified atom stereocenters. The molecule has 2 aromatic heterocycles. The van der Waals surface area contributed by atoms with Crippen LogP contribution < -0.4 is 10.1 Å². The molecule has 7 heteroatoms. The predicted octanol–water partition coefficient (Wildman–Crippen LogP) is 3.15. The maximum atomic E-state index is 13.2. The van der Waals surface area contributed by atoms with Crippen molar-refractivity contribution in [2.75, 3.05) is 12.4 Å². The number of carbonyl (C=O) groups is 1. The van der Waals surface area contributed by atoms with Crippen LogP contribution in [0.5, 0.6) is 5.75 Å². The number of ketones is 1. The first kappa shape index (κ1) is 15.9. The van der Waals surface area contributed by atoms with Crippen LogP contribution in [0.3, 0.4) is 0 Å². The smallest absolute Gasteiger partial charge is 0.226 e. The molecule has 0 spiro atoms. The largest absolute Gasteiger partial charge is 0.497 e. The number of methoxy groups -OCH3 is 1. The number of nitrogens with zero attached hydrogens (tertiary/aromatic N) is 3. The van der Waals surface area contributed by atoms with Gasteiger partial charge in [-0.1, -0.05) is 18.2 Å². The highest BCUT2D eigenvalue weighted by molar-refractivity contribution is 5.88. The molecule has 1 N–H and O–H groups in total. The lowest BCUT2D eigenvalue weighted by molar-refractivity contribution is -0.123. The molecule has 0 radical (unpaired) electrons. The van der Waals surface area contributed by atoms with Crippen LogP contribution in [0.15, 0.2) is 65.2 Å². The van der Waals surface area contributed by atoms with Crippen molar-refractivity contribution < 1.29 is 13.9 Å². The number of carbonyl (C=O) groups excluding carboxylic acids is 1. The highest BCUT2D eigenvalue weighted by Crippen LogP contribution is 2.44. The quantitative estimate of drug-likeness (QED) is 0.771. The highest BCUT2D eigenvalue weighted by Gasteiger charge is 2.44. The molecule has 3 atom stereocenters. The molecule has 3 heterocycles. The molecule has 7 nitrogen and oxygen atoms in total. The average Bonchev–Trinajstić information content (AvgIpc) is 3.38. The van der Waals surface area contributed by atoms with Crippen LogP contribution in [-0.4, -0.2) is 27.7 Å². The normalized spacial score (nSPS) is 23.8. The lowest BCUT2D eigenvalue weighted by Crippen LogP contribution is -2.39. The van der Waals surface area contributed by atoms with E-state index in [1.54, 1.807) is 18.1 Å². The molecule has 0 saturated heterocycles. The Morgan fingerprint density at radius 1 is 1.26 bits per heavy atom. The van der Waals surface area contributed by atoms with Gasteiger partial charge >= 0.3 is 0 Å². The van der Waals surface area contributed by atoms with Crippen LogP contribution in [-0.2, 0) is 4.79 Å². The first-order valence-corrected chi connectivity index (χ1v) is 8.83. The van der Waals surface area contributed by atoms with E-state index in [0.717, 1.165) is 17.0 Å². The van der Waals surface area contributed by atoms with E-state index in [4.69, 9.17) is 9.15 Å².